The van der Waals surface area contributed by atoms with Gasteiger partial charge in [-0.2, -0.15) is 10.5 Å². The molecule has 30 heavy (non-hydrogen) atoms. The van der Waals surface area contributed by atoms with Gasteiger partial charge in [-0.3, -0.25) is 4.98 Å². The summed E-state index contributed by atoms with van der Waals surface area (Å²) in [5.41, 5.74) is 9.82. The van der Waals surface area contributed by atoms with Crippen molar-refractivity contribution in [3.8, 4) is 23.3 Å². The van der Waals surface area contributed by atoms with Crippen LogP contribution in [0.1, 0.15) is 16.7 Å². The predicted octanol–water partition coefficient (Wildman–Crippen LogP) is 2.94. The molecular weight excluding hydrogens is 396 g/mol. The molecule has 0 bridgehead atoms. The van der Waals surface area contributed by atoms with E-state index < -0.39 is 0 Å². The van der Waals surface area contributed by atoms with Crippen LogP contribution in [0.4, 0.5) is 11.5 Å². The van der Waals surface area contributed by atoms with Crippen molar-refractivity contribution >= 4 is 23.3 Å². The summed E-state index contributed by atoms with van der Waals surface area (Å²) in [5.74, 6) is 0.686. The maximum atomic E-state index is 9.89. The minimum Gasteiger partial charge on any atom is -0.389 e. The third-order valence-electron chi connectivity index (χ3n) is 4.90. The van der Waals surface area contributed by atoms with Crippen LogP contribution in [-0.4, -0.2) is 34.3 Å². The zero-order valence-electron chi connectivity index (χ0n) is 16.0. The molecule has 1 fully saturated rings. The van der Waals surface area contributed by atoms with Crippen molar-refractivity contribution in [2.45, 2.75) is 16.9 Å². The number of aromatic nitrogens is 2. The number of thioether (sulfide) groups is 1. The molecule has 3 heterocycles. The van der Waals surface area contributed by atoms with Crippen LogP contribution in [0, 0.1) is 22.7 Å². The molecular formula is C22H18N6OS. The summed E-state index contributed by atoms with van der Waals surface area (Å²) in [7, 11) is 0. The molecule has 8 heteroatoms. The number of hydrogen-bond donors (Lipinski definition) is 2. The van der Waals surface area contributed by atoms with Crippen molar-refractivity contribution in [3.05, 3.63) is 65.5 Å². The number of nitrogen functional groups attached to an aromatic ring is 1. The van der Waals surface area contributed by atoms with Crippen LogP contribution in [0.15, 0.2) is 53.8 Å². The summed E-state index contributed by atoms with van der Waals surface area (Å²) in [6.45, 7) is 1.20. The van der Waals surface area contributed by atoms with Crippen LogP contribution in [-0.2, 0) is 5.75 Å². The monoisotopic (exact) mass is 414 g/mol. The smallest absolute Gasteiger partial charge is 0.143 e. The summed E-state index contributed by atoms with van der Waals surface area (Å²) in [6.07, 6.45) is 3.17. The van der Waals surface area contributed by atoms with Gasteiger partial charge in [0.05, 0.1) is 11.7 Å². The normalized spacial score (nSPS) is 13.4. The van der Waals surface area contributed by atoms with Gasteiger partial charge >= 0.3 is 0 Å². The lowest BCUT2D eigenvalue weighted by Crippen LogP contribution is -2.50. The first kappa shape index (κ1) is 19.7. The molecule has 0 spiro atoms. The average Bonchev–Trinajstić information content (AvgIpc) is 2.76. The molecule has 1 aliphatic rings. The molecule has 1 aromatic carbocycles. The minimum atomic E-state index is -0.292. The number of aliphatic hydroxyl groups excluding tert-OH is 1. The highest BCUT2D eigenvalue weighted by Crippen LogP contribution is 2.37. The second-order valence-corrected chi connectivity index (χ2v) is 7.87. The van der Waals surface area contributed by atoms with E-state index in [1.807, 2.05) is 36.4 Å². The molecule has 2 aromatic heterocycles. The highest BCUT2D eigenvalue weighted by molar-refractivity contribution is 7.98. The van der Waals surface area contributed by atoms with Gasteiger partial charge in [0, 0.05) is 42.5 Å². The highest BCUT2D eigenvalue weighted by Gasteiger charge is 2.25. The van der Waals surface area contributed by atoms with Gasteiger partial charge < -0.3 is 15.7 Å². The molecule has 4 rings (SSSR count). The van der Waals surface area contributed by atoms with Gasteiger partial charge in [-0.1, -0.05) is 18.2 Å². The first-order valence-corrected chi connectivity index (χ1v) is 10.3. The number of nitrogens with two attached hydrogens (primary N) is 1. The van der Waals surface area contributed by atoms with Crippen LogP contribution >= 0.6 is 11.8 Å². The van der Waals surface area contributed by atoms with Crippen LogP contribution in [0.25, 0.3) is 11.1 Å². The molecule has 3 N–H and O–H groups in total. The Labute approximate surface area is 178 Å². The summed E-state index contributed by atoms with van der Waals surface area (Å²) in [5, 5.41) is 29.5. The molecule has 1 saturated heterocycles. The number of nitrogens with zero attached hydrogens (tertiary/aromatic N) is 5. The Kier molecular flexibility index (Phi) is 5.53. The maximum Gasteiger partial charge on any atom is 0.143 e. The van der Waals surface area contributed by atoms with Crippen molar-refractivity contribution in [2.24, 2.45) is 0 Å². The van der Waals surface area contributed by atoms with Gasteiger partial charge in [0.25, 0.3) is 0 Å². The average molecular weight is 414 g/mol. The fourth-order valence-corrected chi connectivity index (χ4v) is 4.26. The molecule has 0 radical (unpaired) electrons. The minimum absolute atomic E-state index is 0.107. The fourth-order valence-electron chi connectivity index (χ4n) is 3.33. The lowest BCUT2D eigenvalue weighted by Gasteiger charge is -2.37. The van der Waals surface area contributed by atoms with Crippen molar-refractivity contribution < 1.29 is 5.11 Å². The quantitative estimate of drug-likeness (QED) is 0.611. The number of aliphatic hydroxyl groups is 1. The second-order valence-electron chi connectivity index (χ2n) is 6.91. The Bertz CT molecular complexity index is 1150. The SMILES string of the molecule is N#Cc1c(N)nc(SCc2cccnc2)c(C#N)c1-c1ccc(N2CC(O)C2)cc1. The number of hydrogen-bond acceptors (Lipinski definition) is 8. The lowest BCUT2D eigenvalue weighted by atomic mass is 9.96. The Morgan fingerprint density at radius 1 is 1.13 bits per heavy atom. The van der Waals surface area contributed by atoms with E-state index in [1.54, 1.807) is 12.4 Å². The van der Waals surface area contributed by atoms with E-state index in [-0.39, 0.29) is 17.5 Å². The second kappa shape index (κ2) is 8.42. The number of nitriles is 2. The Balaban J connectivity index is 1.71. The molecule has 3 aromatic rings. The van der Waals surface area contributed by atoms with Gasteiger partial charge in [-0.05, 0) is 29.3 Å². The number of rotatable bonds is 5. The van der Waals surface area contributed by atoms with Crippen LogP contribution in [0.2, 0.25) is 0 Å². The first-order valence-electron chi connectivity index (χ1n) is 9.29. The van der Waals surface area contributed by atoms with E-state index in [1.165, 1.54) is 11.8 Å². The summed E-state index contributed by atoms with van der Waals surface area (Å²) < 4.78 is 0. The summed E-state index contributed by atoms with van der Waals surface area (Å²) >= 11 is 1.39. The zero-order valence-corrected chi connectivity index (χ0v) is 16.8. The van der Waals surface area contributed by atoms with E-state index >= 15 is 0 Å². The van der Waals surface area contributed by atoms with Crippen molar-refractivity contribution in [2.75, 3.05) is 23.7 Å². The van der Waals surface area contributed by atoms with Crippen molar-refractivity contribution in [1.29, 1.82) is 10.5 Å². The molecule has 1 aliphatic heterocycles. The van der Waals surface area contributed by atoms with Gasteiger partial charge in [0.2, 0.25) is 0 Å². The van der Waals surface area contributed by atoms with Gasteiger partial charge in [0.15, 0.2) is 0 Å². The summed E-state index contributed by atoms with van der Waals surface area (Å²) in [6, 6.07) is 15.7. The maximum absolute atomic E-state index is 9.89. The van der Waals surface area contributed by atoms with Gasteiger partial charge in [-0.15, -0.1) is 11.8 Å². The zero-order chi connectivity index (χ0) is 21.1. The molecule has 148 valence electrons. The number of pyridine rings is 2. The number of anilines is 2. The van der Waals surface area contributed by atoms with Crippen molar-refractivity contribution in [1.82, 2.24) is 9.97 Å². The van der Waals surface area contributed by atoms with Crippen LogP contribution in [0.5, 0.6) is 0 Å². The molecule has 7 nitrogen and oxygen atoms in total. The largest absolute Gasteiger partial charge is 0.389 e. The molecule has 0 amide bonds. The van der Waals surface area contributed by atoms with E-state index in [0.29, 0.717) is 35.0 Å². The van der Waals surface area contributed by atoms with Gasteiger partial charge in [0.1, 0.15) is 28.5 Å². The topological polar surface area (TPSA) is 123 Å². The number of benzene rings is 1. The Morgan fingerprint density at radius 3 is 2.47 bits per heavy atom. The third-order valence-corrected chi connectivity index (χ3v) is 5.94. The van der Waals surface area contributed by atoms with Crippen LogP contribution in [0.3, 0.4) is 0 Å². The molecule has 0 unspecified atom stereocenters. The first-order chi connectivity index (χ1) is 14.6. The van der Waals surface area contributed by atoms with E-state index in [2.05, 4.69) is 27.0 Å². The molecule has 0 saturated carbocycles. The highest BCUT2D eigenvalue weighted by atomic mass is 32.2. The van der Waals surface area contributed by atoms with E-state index in [0.717, 1.165) is 16.8 Å². The van der Waals surface area contributed by atoms with Crippen molar-refractivity contribution in [3.63, 3.8) is 0 Å². The molecule has 0 atom stereocenters. The Morgan fingerprint density at radius 2 is 1.87 bits per heavy atom. The predicted molar refractivity (Wildman–Crippen MR) is 116 cm³/mol. The van der Waals surface area contributed by atoms with Crippen LogP contribution < -0.4 is 10.6 Å². The Hall–Kier alpha value is -3.59. The standard InChI is InChI=1S/C22H18N6OS/c23-8-18-20(15-3-5-16(6-4-15)28-11-17(29)12-28)19(9-24)22(27-21(18)25)30-13-14-2-1-7-26-10-14/h1-7,10,17,29H,11-13H2,(H2,25,27). The summed E-state index contributed by atoms with van der Waals surface area (Å²) in [4.78, 5) is 10.5. The fraction of sp³-hybridized carbons (Fsp3) is 0.182. The van der Waals surface area contributed by atoms with E-state index in [4.69, 9.17) is 5.73 Å². The number of β-amino-alcohol motifs (C(OH)–C–C–N with tert-alkyl or cyclic N) is 1. The molecule has 0 aliphatic carbocycles. The lowest BCUT2D eigenvalue weighted by molar-refractivity contribution is 0.142. The van der Waals surface area contributed by atoms with Gasteiger partial charge in [-0.25, -0.2) is 4.98 Å². The van der Waals surface area contributed by atoms with E-state index in [9.17, 15) is 15.6 Å². The third kappa shape index (κ3) is 3.79.